The molecule has 6 heteroatoms. The van der Waals surface area contributed by atoms with Gasteiger partial charge in [-0.3, -0.25) is 9.48 Å². The van der Waals surface area contributed by atoms with E-state index in [4.69, 9.17) is 5.73 Å². The van der Waals surface area contributed by atoms with Gasteiger partial charge in [0, 0.05) is 9.75 Å². The summed E-state index contributed by atoms with van der Waals surface area (Å²) in [6.45, 7) is 6.61. The third kappa shape index (κ3) is 3.19. The van der Waals surface area contributed by atoms with Gasteiger partial charge in [0.1, 0.15) is 6.54 Å². The van der Waals surface area contributed by atoms with Crippen molar-refractivity contribution in [1.29, 1.82) is 0 Å². The van der Waals surface area contributed by atoms with E-state index in [1.165, 1.54) is 9.75 Å². The number of hydrogen-bond donors (Lipinski definition) is 2. The van der Waals surface area contributed by atoms with Gasteiger partial charge in [-0.25, -0.2) is 0 Å². The lowest BCUT2D eigenvalue weighted by atomic mass is 10.3. The number of aryl methyl sites for hydroxylation is 2. The highest BCUT2D eigenvalue weighted by Crippen LogP contribution is 2.17. The number of anilines is 1. The number of thiophene rings is 1. The van der Waals surface area contributed by atoms with Gasteiger partial charge >= 0.3 is 0 Å². The maximum Gasteiger partial charge on any atom is 0.242 e. The molecule has 2 aromatic rings. The number of nitrogens with two attached hydrogens (primary N) is 1. The van der Waals surface area contributed by atoms with E-state index in [-0.39, 0.29) is 12.5 Å². The number of nitrogen functional groups attached to an aromatic ring is 1. The molecule has 0 aliphatic carbocycles. The van der Waals surface area contributed by atoms with E-state index in [0.717, 1.165) is 17.8 Å². The molecule has 0 aliphatic heterocycles. The number of aromatic nitrogens is 2. The molecular formula is C14H20N4OS. The molecule has 2 heterocycles. The normalized spacial score (nSPS) is 10.8. The maximum atomic E-state index is 11.9. The van der Waals surface area contributed by atoms with E-state index in [2.05, 4.69) is 29.5 Å². The summed E-state index contributed by atoms with van der Waals surface area (Å²) < 4.78 is 1.64. The second-order valence-corrected chi connectivity index (χ2v) is 5.99. The van der Waals surface area contributed by atoms with Gasteiger partial charge in [0.25, 0.3) is 0 Å². The third-order valence-corrected chi connectivity index (χ3v) is 4.49. The molecule has 1 amide bonds. The highest BCUT2D eigenvalue weighted by atomic mass is 32.1. The van der Waals surface area contributed by atoms with E-state index >= 15 is 0 Å². The Hall–Kier alpha value is -1.82. The zero-order valence-electron chi connectivity index (χ0n) is 12.1. The van der Waals surface area contributed by atoms with Crippen molar-refractivity contribution in [3.63, 3.8) is 0 Å². The summed E-state index contributed by atoms with van der Waals surface area (Å²) in [5, 5.41) is 7.17. The Balaban J connectivity index is 1.90. The number of amides is 1. The van der Waals surface area contributed by atoms with Crippen LogP contribution in [0.2, 0.25) is 0 Å². The van der Waals surface area contributed by atoms with Crippen LogP contribution in [0.25, 0.3) is 0 Å². The lowest BCUT2D eigenvalue weighted by molar-refractivity contribution is -0.122. The molecule has 2 aromatic heterocycles. The molecule has 20 heavy (non-hydrogen) atoms. The molecule has 0 spiro atoms. The van der Waals surface area contributed by atoms with Crippen LogP contribution in [0.15, 0.2) is 12.1 Å². The third-order valence-electron chi connectivity index (χ3n) is 3.26. The lowest BCUT2D eigenvalue weighted by Gasteiger charge is -2.05. The van der Waals surface area contributed by atoms with Crippen LogP contribution in [-0.4, -0.2) is 15.7 Å². The molecule has 0 fully saturated rings. The first-order valence-electron chi connectivity index (χ1n) is 6.65. The SMILES string of the molecule is CCc1ccc(CNC(=O)Cn2nc(C)c(N)c2C)s1. The first-order chi connectivity index (χ1) is 9.51. The lowest BCUT2D eigenvalue weighted by Crippen LogP contribution is -2.27. The van der Waals surface area contributed by atoms with Crippen molar-refractivity contribution >= 4 is 22.9 Å². The number of nitrogens with one attached hydrogen (secondary N) is 1. The van der Waals surface area contributed by atoms with E-state index < -0.39 is 0 Å². The summed E-state index contributed by atoms with van der Waals surface area (Å²) in [7, 11) is 0. The number of hydrogen-bond acceptors (Lipinski definition) is 4. The molecule has 0 saturated carbocycles. The van der Waals surface area contributed by atoms with E-state index in [9.17, 15) is 4.79 Å². The zero-order valence-corrected chi connectivity index (χ0v) is 12.9. The fourth-order valence-corrected chi connectivity index (χ4v) is 2.85. The Labute approximate surface area is 122 Å². The summed E-state index contributed by atoms with van der Waals surface area (Å²) in [5.74, 6) is -0.0537. The quantitative estimate of drug-likeness (QED) is 0.885. The predicted octanol–water partition coefficient (Wildman–Crippen LogP) is 2.02. The first-order valence-corrected chi connectivity index (χ1v) is 7.46. The van der Waals surface area contributed by atoms with Crippen LogP contribution in [0.3, 0.4) is 0 Å². The zero-order chi connectivity index (χ0) is 14.7. The molecular weight excluding hydrogens is 272 g/mol. The predicted molar refractivity (Wildman–Crippen MR) is 81.7 cm³/mol. The summed E-state index contributed by atoms with van der Waals surface area (Å²) >= 11 is 1.73. The first kappa shape index (κ1) is 14.6. The van der Waals surface area contributed by atoms with Crippen LogP contribution in [0.1, 0.15) is 28.1 Å². The maximum absolute atomic E-state index is 11.9. The van der Waals surface area contributed by atoms with E-state index in [1.807, 2.05) is 13.8 Å². The second kappa shape index (κ2) is 6.09. The summed E-state index contributed by atoms with van der Waals surface area (Å²) in [6, 6.07) is 4.17. The Morgan fingerprint density at radius 2 is 2.10 bits per heavy atom. The highest BCUT2D eigenvalue weighted by Gasteiger charge is 2.11. The number of carbonyl (C=O) groups excluding carboxylic acids is 1. The topological polar surface area (TPSA) is 72.9 Å². The van der Waals surface area contributed by atoms with Gasteiger partial charge in [0.05, 0.1) is 23.6 Å². The average Bonchev–Trinajstić information content (AvgIpc) is 2.98. The smallest absolute Gasteiger partial charge is 0.242 e. The molecule has 0 radical (unpaired) electrons. The van der Waals surface area contributed by atoms with Crippen molar-refractivity contribution in [2.75, 3.05) is 5.73 Å². The van der Waals surface area contributed by atoms with Crippen molar-refractivity contribution in [3.8, 4) is 0 Å². The minimum atomic E-state index is -0.0537. The fraction of sp³-hybridized carbons (Fsp3) is 0.429. The molecule has 5 nitrogen and oxygen atoms in total. The van der Waals surface area contributed by atoms with Gasteiger partial charge in [-0.1, -0.05) is 6.92 Å². The van der Waals surface area contributed by atoms with Crippen molar-refractivity contribution < 1.29 is 4.79 Å². The Morgan fingerprint density at radius 1 is 1.40 bits per heavy atom. The minimum absolute atomic E-state index is 0.0537. The van der Waals surface area contributed by atoms with Gasteiger partial charge in [-0.2, -0.15) is 5.10 Å². The van der Waals surface area contributed by atoms with Crippen LogP contribution in [0.4, 0.5) is 5.69 Å². The molecule has 0 saturated heterocycles. The standard InChI is InChI=1S/C14H20N4OS/c1-4-11-5-6-12(20-11)7-16-13(19)8-18-10(3)14(15)9(2)17-18/h5-6H,4,7-8,15H2,1-3H3,(H,16,19). The highest BCUT2D eigenvalue weighted by molar-refractivity contribution is 7.11. The molecule has 0 aromatic carbocycles. The van der Waals surface area contributed by atoms with E-state index in [0.29, 0.717) is 12.2 Å². The fourth-order valence-electron chi connectivity index (χ4n) is 1.95. The Kier molecular flexibility index (Phi) is 4.44. The van der Waals surface area contributed by atoms with Gasteiger partial charge in [0.2, 0.25) is 5.91 Å². The van der Waals surface area contributed by atoms with Crippen molar-refractivity contribution in [2.45, 2.75) is 40.3 Å². The molecule has 0 unspecified atom stereocenters. The van der Waals surface area contributed by atoms with Crippen LogP contribution < -0.4 is 11.1 Å². The second-order valence-electron chi connectivity index (χ2n) is 4.74. The van der Waals surface area contributed by atoms with Crippen LogP contribution in [0, 0.1) is 13.8 Å². The minimum Gasteiger partial charge on any atom is -0.396 e. The van der Waals surface area contributed by atoms with Gasteiger partial charge in [-0.15, -0.1) is 11.3 Å². The van der Waals surface area contributed by atoms with Gasteiger partial charge in [-0.05, 0) is 32.4 Å². The Morgan fingerprint density at radius 3 is 2.65 bits per heavy atom. The summed E-state index contributed by atoms with van der Waals surface area (Å²) in [5.41, 5.74) is 8.10. The Bertz CT molecular complexity index is 615. The van der Waals surface area contributed by atoms with Gasteiger partial charge < -0.3 is 11.1 Å². The van der Waals surface area contributed by atoms with Crippen molar-refractivity contribution in [2.24, 2.45) is 0 Å². The summed E-state index contributed by atoms with van der Waals surface area (Å²) in [4.78, 5) is 14.4. The van der Waals surface area contributed by atoms with E-state index in [1.54, 1.807) is 16.0 Å². The molecule has 0 aliphatic rings. The van der Waals surface area contributed by atoms with Crippen LogP contribution >= 0.6 is 11.3 Å². The monoisotopic (exact) mass is 292 g/mol. The molecule has 0 atom stereocenters. The van der Waals surface area contributed by atoms with Crippen molar-refractivity contribution in [1.82, 2.24) is 15.1 Å². The largest absolute Gasteiger partial charge is 0.396 e. The van der Waals surface area contributed by atoms with Crippen molar-refractivity contribution in [3.05, 3.63) is 33.3 Å². The number of rotatable bonds is 5. The number of nitrogens with zero attached hydrogens (tertiary/aromatic N) is 2. The molecule has 2 rings (SSSR count). The average molecular weight is 292 g/mol. The molecule has 3 N–H and O–H groups in total. The van der Waals surface area contributed by atoms with Crippen LogP contribution in [-0.2, 0) is 24.3 Å². The summed E-state index contributed by atoms with van der Waals surface area (Å²) in [6.07, 6.45) is 1.03. The molecule has 108 valence electrons. The molecule has 0 bridgehead atoms. The number of carbonyl (C=O) groups is 1. The van der Waals surface area contributed by atoms with Gasteiger partial charge in [0.15, 0.2) is 0 Å². The van der Waals surface area contributed by atoms with Crippen LogP contribution in [0.5, 0.6) is 0 Å².